The summed E-state index contributed by atoms with van der Waals surface area (Å²) in [6, 6.07) is 0. The van der Waals surface area contributed by atoms with Gasteiger partial charge < -0.3 is 14.6 Å². The van der Waals surface area contributed by atoms with Crippen molar-refractivity contribution in [2.24, 2.45) is 23.7 Å². The van der Waals surface area contributed by atoms with Crippen LogP contribution in [0.15, 0.2) is 12.2 Å². The Balaban J connectivity index is 1.29. The quantitative estimate of drug-likeness (QED) is 0.759. The van der Waals surface area contributed by atoms with Gasteiger partial charge in [-0.15, -0.1) is 0 Å². The molecule has 0 aromatic rings. The monoisotopic (exact) mass is 334 g/mol. The highest BCUT2D eigenvalue weighted by Crippen LogP contribution is 2.48. The van der Waals surface area contributed by atoms with Crippen LogP contribution in [0.4, 0.5) is 0 Å². The summed E-state index contributed by atoms with van der Waals surface area (Å²) in [6.45, 7) is 6.06. The molecule has 1 spiro atoms. The molecule has 24 heavy (non-hydrogen) atoms. The second-order valence-electron chi connectivity index (χ2n) is 8.82. The molecule has 3 aliphatic carbocycles. The standard InChI is InChI=1S/C21H34O3/c1-15-14-18(16-2-5-19(22)6-3-16)4-7-20(15)17-8-10-21(11-9-17)23-12-13-24-21/h16-20,22H,1-14H2. The number of aliphatic hydroxyl groups is 1. The predicted molar refractivity (Wildman–Crippen MR) is 94.5 cm³/mol. The summed E-state index contributed by atoms with van der Waals surface area (Å²) in [7, 11) is 0. The molecule has 1 N–H and O–H groups in total. The smallest absolute Gasteiger partial charge is 0.168 e. The molecule has 0 amide bonds. The fraction of sp³-hybridized carbons (Fsp3) is 0.905. The maximum Gasteiger partial charge on any atom is 0.168 e. The molecule has 0 radical (unpaired) electrons. The molecular weight excluding hydrogens is 300 g/mol. The summed E-state index contributed by atoms with van der Waals surface area (Å²) < 4.78 is 11.8. The van der Waals surface area contributed by atoms with E-state index in [2.05, 4.69) is 6.58 Å². The fourth-order valence-electron chi connectivity index (χ4n) is 6.00. The van der Waals surface area contributed by atoms with E-state index < -0.39 is 0 Å². The maximum absolute atomic E-state index is 9.74. The topological polar surface area (TPSA) is 38.7 Å². The third-order valence-corrected chi connectivity index (χ3v) is 7.48. The van der Waals surface area contributed by atoms with Crippen molar-refractivity contribution in [3.05, 3.63) is 12.2 Å². The highest BCUT2D eigenvalue weighted by Gasteiger charge is 2.43. The number of aliphatic hydroxyl groups excluding tert-OH is 1. The van der Waals surface area contributed by atoms with E-state index in [9.17, 15) is 5.11 Å². The van der Waals surface area contributed by atoms with E-state index in [1.165, 1.54) is 50.5 Å². The van der Waals surface area contributed by atoms with E-state index in [0.29, 0.717) is 0 Å². The molecule has 1 heterocycles. The van der Waals surface area contributed by atoms with Crippen molar-refractivity contribution in [1.29, 1.82) is 0 Å². The zero-order chi connectivity index (χ0) is 16.6. The molecule has 0 aromatic heterocycles. The Morgan fingerprint density at radius 1 is 0.792 bits per heavy atom. The summed E-state index contributed by atoms with van der Waals surface area (Å²) in [6.07, 6.45) is 13.0. The first kappa shape index (κ1) is 17.1. The van der Waals surface area contributed by atoms with Gasteiger partial charge in [-0.05, 0) is 81.5 Å². The van der Waals surface area contributed by atoms with Crippen LogP contribution in [0.5, 0.6) is 0 Å². The van der Waals surface area contributed by atoms with Gasteiger partial charge in [0.05, 0.1) is 19.3 Å². The summed E-state index contributed by atoms with van der Waals surface area (Å²) in [5.74, 6) is 2.97. The van der Waals surface area contributed by atoms with Gasteiger partial charge in [-0.3, -0.25) is 0 Å². The molecule has 0 aromatic carbocycles. The summed E-state index contributed by atoms with van der Waals surface area (Å²) in [4.78, 5) is 0. The zero-order valence-electron chi connectivity index (χ0n) is 15.0. The second-order valence-corrected chi connectivity index (χ2v) is 8.82. The first-order chi connectivity index (χ1) is 11.7. The van der Waals surface area contributed by atoms with Gasteiger partial charge in [0, 0.05) is 12.8 Å². The van der Waals surface area contributed by atoms with Crippen molar-refractivity contribution in [2.75, 3.05) is 13.2 Å². The highest BCUT2D eigenvalue weighted by molar-refractivity contribution is 5.09. The fourth-order valence-corrected chi connectivity index (χ4v) is 6.00. The summed E-state index contributed by atoms with van der Waals surface area (Å²) in [5, 5.41) is 9.74. The van der Waals surface area contributed by atoms with Crippen molar-refractivity contribution >= 4 is 0 Å². The largest absolute Gasteiger partial charge is 0.393 e. The third-order valence-electron chi connectivity index (χ3n) is 7.48. The molecule has 1 aliphatic heterocycles. The third kappa shape index (κ3) is 3.45. The molecule has 2 unspecified atom stereocenters. The Labute approximate surface area is 146 Å². The van der Waals surface area contributed by atoms with E-state index >= 15 is 0 Å². The second kappa shape index (κ2) is 7.09. The maximum atomic E-state index is 9.74. The van der Waals surface area contributed by atoms with E-state index in [1.54, 1.807) is 0 Å². The van der Waals surface area contributed by atoms with Crippen molar-refractivity contribution in [3.8, 4) is 0 Å². The van der Waals surface area contributed by atoms with Crippen LogP contribution < -0.4 is 0 Å². The Bertz CT molecular complexity index is 436. The van der Waals surface area contributed by atoms with Crippen LogP contribution in [0.3, 0.4) is 0 Å². The average Bonchev–Trinajstić information content (AvgIpc) is 3.05. The van der Waals surface area contributed by atoms with Gasteiger partial charge in [0.15, 0.2) is 5.79 Å². The van der Waals surface area contributed by atoms with Crippen LogP contribution in [0.1, 0.15) is 70.6 Å². The molecule has 4 fully saturated rings. The van der Waals surface area contributed by atoms with Crippen molar-refractivity contribution in [1.82, 2.24) is 0 Å². The Morgan fingerprint density at radius 2 is 1.42 bits per heavy atom. The van der Waals surface area contributed by atoms with Crippen molar-refractivity contribution in [2.45, 2.75) is 82.5 Å². The van der Waals surface area contributed by atoms with E-state index in [4.69, 9.17) is 9.47 Å². The molecule has 136 valence electrons. The summed E-state index contributed by atoms with van der Waals surface area (Å²) >= 11 is 0. The molecular formula is C21H34O3. The lowest BCUT2D eigenvalue weighted by Crippen LogP contribution is -2.38. The van der Waals surface area contributed by atoms with Crippen LogP contribution in [-0.2, 0) is 9.47 Å². The Hall–Kier alpha value is -0.380. The lowest BCUT2D eigenvalue weighted by molar-refractivity contribution is -0.184. The van der Waals surface area contributed by atoms with Crippen molar-refractivity contribution in [3.63, 3.8) is 0 Å². The lowest BCUT2D eigenvalue weighted by atomic mass is 9.64. The normalized spacial score (nSPS) is 41.0. The molecule has 1 saturated heterocycles. The van der Waals surface area contributed by atoms with Crippen LogP contribution in [-0.4, -0.2) is 30.2 Å². The lowest BCUT2D eigenvalue weighted by Gasteiger charge is -2.43. The van der Waals surface area contributed by atoms with Crippen LogP contribution in [0.25, 0.3) is 0 Å². The van der Waals surface area contributed by atoms with Gasteiger partial charge in [0.25, 0.3) is 0 Å². The molecule has 3 nitrogen and oxygen atoms in total. The van der Waals surface area contributed by atoms with E-state index in [-0.39, 0.29) is 11.9 Å². The number of ether oxygens (including phenoxy) is 2. The van der Waals surface area contributed by atoms with Gasteiger partial charge in [0.2, 0.25) is 0 Å². The van der Waals surface area contributed by atoms with Crippen LogP contribution in [0.2, 0.25) is 0 Å². The minimum absolute atomic E-state index is 0.0321. The first-order valence-corrected chi connectivity index (χ1v) is 10.3. The number of hydrogen-bond acceptors (Lipinski definition) is 3. The van der Waals surface area contributed by atoms with E-state index in [1.807, 2.05) is 0 Å². The van der Waals surface area contributed by atoms with Gasteiger partial charge in [-0.25, -0.2) is 0 Å². The van der Waals surface area contributed by atoms with Gasteiger partial charge in [-0.1, -0.05) is 12.2 Å². The first-order valence-electron chi connectivity index (χ1n) is 10.3. The Kier molecular flexibility index (Phi) is 5.04. The highest BCUT2D eigenvalue weighted by atomic mass is 16.7. The van der Waals surface area contributed by atoms with E-state index in [0.717, 1.165) is 62.6 Å². The Morgan fingerprint density at radius 3 is 2.04 bits per heavy atom. The van der Waals surface area contributed by atoms with Crippen molar-refractivity contribution < 1.29 is 14.6 Å². The average molecular weight is 335 g/mol. The molecule has 3 saturated carbocycles. The SMILES string of the molecule is C=C1CC(C2CCC(O)CC2)CCC1C1CCC2(CC1)OCCO2. The number of allylic oxidation sites excluding steroid dienone is 1. The molecule has 0 bridgehead atoms. The molecule has 4 aliphatic rings. The molecule has 2 atom stereocenters. The summed E-state index contributed by atoms with van der Waals surface area (Å²) in [5.41, 5.74) is 1.52. The molecule has 3 heteroatoms. The zero-order valence-corrected chi connectivity index (χ0v) is 15.0. The van der Waals surface area contributed by atoms with Gasteiger partial charge in [-0.2, -0.15) is 0 Å². The van der Waals surface area contributed by atoms with Gasteiger partial charge in [0.1, 0.15) is 0 Å². The van der Waals surface area contributed by atoms with Crippen LogP contribution >= 0.6 is 0 Å². The molecule has 4 rings (SSSR count). The minimum atomic E-state index is -0.224. The minimum Gasteiger partial charge on any atom is -0.393 e. The predicted octanol–water partition coefficient (Wildman–Crippen LogP) is 4.44. The number of rotatable bonds is 2. The number of hydrogen-bond donors (Lipinski definition) is 1. The van der Waals surface area contributed by atoms with Gasteiger partial charge >= 0.3 is 0 Å². The van der Waals surface area contributed by atoms with Crippen LogP contribution in [0, 0.1) is 23.7 Å².